The third-order valence-corrected chi connectivity index (χ3v) is 3.68. The highest BCUT2D eigenvalue weighted by atomic mass is 35.5. The summed E-state index contributed by atoms with van der Waals surface area (Å²) in [6, 6.07) is 7.53. The fraction of sp³-hybridized carbons (Fsp3) is 0.462. The number of halogens is 1. The second-order valence-electron chi connectivity index (χ2n) is 4.65. The summed E-state index contributed by atoms with van der Waals surface area (Å²) < 4.78 is 0. The van der Waals surface area contributed by atoms with E-state index in [1.807, 2.05) is 31.3 Å². The van der Waals surface area contributed by atoms with Gasteiger partial charge >= 0.3 is 5.97 Å². The first-order valence-electron chi connectivity index (χ1n) is 5.74. The van der Waals surface area contributed by atoms with Gasteiger partial charge in [0.05, 0.1) is 5.92 Å². The molecule has 1 aliphatic heterocycles. The Kier molecular flexibility index (Phi) is 3.69. The Morgan fingerprint density at radius 3 is 2.65 bits per heavy atom. The first kappa shape index (κ1) is 12.4. The van der Waals surface area contributed by atoms with Crippen LogP contribution in [0.2, 0.25) is 5.02 Å². The van der Waals surface area contributed by atoms with E-state index in [-0.39, 0.29) is 11.8 Å². The highest BCUT2D eigenvalue weighted by molar-refractivity contribution is 6.30. The maximum Gasteiger partial charge on any atom is 0.308 e. The lowest BCUT2D eigenvalue weighted by Crippen LogP contribution is -2.40. The molecule has 1 saturated heterocycles. The minimum Gasteiger partial charge on any atom is -0.481 e. The number of benzene rings is 1. The van der Waals surface area contributed by atoms with Gasteiger partial charge in [-0.25, -0.2) is 0 Å². The molecule has 0 bridgehead atoms. The summed E-state index contributed by atoms with van der Waals surface area (Å²) in [5.41, 5.74) is 1.08. The molecule has 1 unspecified atom stereocenters. The molecule has 1 heterocycles. The van der Waals surface area contributed by atoms with Crippen LogP contribution in [0.15, 0.2) is 24.3 Å². The van der Waals surface area contributed by atoms with Gasteiger partial charge in [0.1, 0.15) is 0 Å². The van der Waals surface area contributed by atoms with E-state index >= 15 is 0 Å². The Balaban J connectivity index is 2.23. The highest BCUT2D eigenvalue weighted by Crippen LogP contribution is 2.33. The number of nitrogens with zero attached hydrogens (tertiary/aromatic N) is 1. The van der Waals surface area contributed by atoms with Gasteiger partial charge in [0.15, 0.2) is 0 Å². The molecule has 1 fully saturated rings. The molecule has 0 aromatic heterocycles. The standard InChI is InChI=1S/C13H16ClNO2/c1-15-7-6-11(12(8-15)13(16)17)9-2-4-10(14)5-3-9/h2-5,11-12H,6-8H2,1H3,(H,16,17)/t11-,12?/m1/s1. The van der Waals surface area contributed by atoms with Gasteiger partial charge in [0.25, 0.3) is 0 Å². The number of aliphatic carboxylic acids is 1. The van der Waals surface area contributed by atoms with Crippen molar-refractivity contribution >= 4 is 17.6 Å². The Hall–Kier alpha value is -1.06. The number of rotatable bonds is 2. The summed E-state index contributed by atoms with van der Waals surface area (Å²) >= 11 is 5.85. The van der Waals surface area contributed by atoms with Gasteiger partial charge in [-0.1, -0.05) is 23.7 Å². The van der Waals surface area contributed by atoms with E-state index in [0.29, 0.717) is 11.6 Å². The quantitative estimate of drug-likeness (QED) is 0.880. The second-order valence-corrected chi connectivity index (χ2v) is 5.09. The zero-order valence-electron chi connectivity index (χ0n) is 9.77. The minimum absolute atomic E-state index is 0.0981. The van der Waals surface area contributed by atoms with Crippen LogP contribution in [0, 0.1) is 5.92 Å². The number of hydrogen-bond donors (Lipinski definition) is 1. The summed E-state index contributed by atoms with van der Waals surface area (Å²) in [5, 5.41) is 9.98. The summed E-state index contributed by atoms with van der Waals surface area (Å²) in [4.78, 5) is 13.4. The summed E-state index contributed by atoms with van der Waals surface area (Å²) in [6.45, 7) is 1.56. The van der Waals surface area contributed by atoms with Crippen LogP contribution >= 0.6 is 11.6 Å². The third kappa shape index (κ3) is 2.79. The Labute approximate surface area is 106 Å². The lowest BCUT2D eigenvalue weighted by atomic mass is 9.80. The van der Waals surface area contributed by atoms with Gasteiger partial charge in [0, 0.05) is 11.6 Å². The van der Waals surface area contributed by atoms with E-state index < -0.39 is 5.97 Å². The first-order chi connectivity index (χ1) is 8.08. The molecule has 1 aromatic rings. The molecule has 0 saturated carbocycles. The highest BCUT2D eigenvalue weighted by Gasteiger charge is 2.33. The van der Waals surface area contributed by atoms with Gasteiger partial charge in [0.2, 0.25) is 0 Å². The van der Waals surface area contributed by atoms with Crippen molar-refractivity contribution in [2.24, 2.45) is 5.92 Å². The molecule has 4 heteroatoms. The molecule has 0 spiro atoms. The molecule has 2 atom stereocenters. The number of piperidine rings is 1. The van der Waals surface area contributed by atoms with E-state index in [1.54, 1.807) is 0 Å². The Bertz CT molecular complexity index is 404. The van der Waals surface area contributed by atoms with Crippen LogP contribution in [0.4, 0.5) is 0 Å². The van der Waals surface area contributed by atoms with Crippen molar-refractivity contribution in [2.45, 2.75) is 12.3 Å². The average Bonchev–Trinajstić information content (AvgIpc) is 2.30. The van der Waals surface area contributed by atoms with Crippen LogP contribution < -0.4 is 0 Å². The molecule has 3 nitrogen and oxygen atoms in total. The zero-order valence-corrected chi connectivity index (χ0v) is 10.5. The van der Waals surface area contributed by atoms with Crippen molar-refractivity contribution in [3.05, 3.63) is 34.9 Å². The molecule has 0 amide bonds. The topological polar surface area (TPSA) is 40.5 Å². The van der Waals surface area contributed by atoms with Crippen LogP contribution in [-0.4, -0.2) is 36.1 Å². The summed E-state index contributed by atoms with van der Waals surface area (Å²) in [6.07, 6.45) is 0.884. The summed E-state index contributed by atoms with van der Waals surface area (Å²) in [5.74, 6) is -0.938. The van der Waals surface area contributed by atoms with Crippen molar-refractivity contribution < 1.29 is 9.90 Å². The number of carboxylic acid groups (broad SMARTS) is 1. The molecule has 92 valence electrons. The van der Waals surface area contributed by atoms with E-state index in [9.17, 15) is 9.90 Å². The third-order valence-electron chi connectivity index (χ3n) is 3.43. The second kappa shape index (κ2) is 5.07. The number of carbonyl (C=O) groups is 1. The van der Waals surface area contributed by atoms with E-state index in [4.69, 9.17) is 11.6 Å². The molecule has 17 heavy (non-hydrogen) atoms. The molecule has 0 aliphatic carbocycles. The van der Waals surface area contributed by atoms with Crippen LogP contribution in [-0.2, 0) is 4.79 Å². The summed E-state index contributed by atoms with van der Waals surface area (Å²) in [7, 11) is 1.97. The fourth-order valence-corrected chi connectivity index (χ4v) is 2.60. The normalized spacial score (nSPS) is 25.8. The SMILES string of the molecule is CN1CC[C@H](c2ccc(Cl)cc2)C(C(=O)O)C1. The predicted molar refractivity (Wildman–Crippen MR) is 67.4 cm³/mol. The van der Waals surface area contributed by atoms with Crippen LogP contribution in [0.25, 0.3) is 0 Å². The van der Waals surface area contributed by atoms with E-state index in [1.165, 1.54) is 0 Å². The largest absolute Gasteiger partial charge is 0.481 e. The molecule has 1 N–H and O–H groups in total. The van der Waals surface area contributed by atoms with Gasteiger partial charge in [-0.05, 0) is 43.6 Å². The molecule has 0 radical (unpaired) electrons. The van der Waals surface area contributed by atoms with Crippen LogP contribution in [0.1, 0.15) is 17.9 Å². The first-order valence-corrected chi connectivity index (χ1v) is 6.12. The van der Waals surface area contributed by atoms with Crippen molar-refractivity contribution in [1.29, 1.82) is 0 Å². The number of likely N-dealkylation sites (tertiary alicyclic amines) is 1. The minimum atomic E-state index is -0.712. The van der Waals surface area contributed by atoms with Crippen molar-refractivity contribution in [3.8, 4) is 0 Å². The lowest BCUT2D eigenvalue weighted by molar-refractivity contribution is -0.144. The van der Waals surface area contributed by atoms with Crippen LogP contribution in [0.5, 0.6) is 0 Å². The van der Waals surface area contributed by atoms with Gasteiger partial charge in [-0.2, -0.15) is 0 Å². The van der Waals surface area contributed by atoms with Crippen molar-refractivity contribution in [3.63, 3.8) is 0 Å². The van der Waals surface area contributed by atoms with Gasteiger partial charge in [-0.15, -0.1) is 0 Å². The van der Waals surface area contributed by atoms with Gasteiger partial charge in [-0.3, -0.25) is 4.79 Å². The number of carboxylic acids is 1. The van der Waals surface area contributed by atoms with Crippen molar-refractivity contribution in [2.75, 3.05) is 20.1 Å². The Morgan fingerprint density at radius 2 is 2.06 bits per heavy atom. The number of hydrogen-bond acceptors (Lipinski definition) is 2. The Morgan fingerprint density at radius 1 is 1.41 bits per heavy atom. The average molecular weight is 254 g/mol. The fourth-order valence-electron chi connectivity index (χ4n) is 2.47. The monoisotopic (exact) mass is 253 g/mol. The molecular formula is C13H16ClNO2. The smallest absolute Gasteiger partial charge is 0.308 e. The molecule has 1 aliphatic rings. The maximum atomic E-state index is 11.3. The van der Waals surface area contributed by atoms with Gasteiger partial charge < -0.3 is 10.0 Å². The lowest BCUT2D eigenvalue weighted by Gasteiger charge is -2.34. The molecular weight excluding hydrogens is 238 g/mol. The van der Waals surface area contributed by atoms with Crippen LogP contribution in [0.3, 0.4) is 0 Å². The van der Waals surface area contributed by atoms with E-state index in [0.717, 1.165) is 18.5 Å². The molecule has 1 aromatic carbocycles. The molecule has 2 rings (SSSR count). The van der Waals surface area contributed by atoms with E-state index in [2.05, 4.69) is 4.90 Å². The predicted octanol–water partition coefficient (Wildman–Crippen LogP) is 2.46. The van der Waals surface area contributed by atoms with Crippen molar-refractivity contribution in [1.82, 2.24) is 4.90 Å². The maximum absolute atomic E-state index is 11.3. The zero-order chi connectivity index (χ0) is 12.4.